The maximum atomic E-state index is 11.7. The van der Waals surface area contributed by atoms with Crippen LogP contribution in [0.3, 0.4) is 0 Å². The molecule has 1 amide bonds. The van der Waals surface area contributed by atoms with E-state index in [1.807, 2.05) is 13.8 Å². The summed E-state index contributed by atoms with van der Waals surface area (Å²) in [6.07, 6.45) is 0. The first-order valence-electron chi connectivity index (χ1n) is 6.29. The number of nitrogens with one attached hydrogen (secondary N) is 1. The lowest BCUT2D eigenvalue weighted by atomic mass is 10.0. The van der Waals surface area contributed by atoms with Crippen LogP contribution in [0.4, 0.5) is 5.69 Å². The Morgan fingerprint density at radius 3 is 2.25 bits per heavy atom. The molecule has 0 saturated carbocycles. The number of ether oxygens (including phenoxy) is 1. The largest absolute Gasteiger partial charge is 0.462 e. The first kappa shape index (κ1) is 18.4. The minimum Gasteiger partial charge on any atom is -0.462 e. The van der Waals surface area contributed by atoms with Crippen molar-refractivity contribution in [3.05, 3.63) is 29.8 Å². The van der Waals surface area contributed by atoms with Crippen LogP contribution in [0, 0.1) is 5.92 Å². The Kier molecular flexibility index (Phi) is 7.87. The van der Waals surface area contributed by atoms with Crippen LogP contribution in [0.15, 0.2) is 24.3 Å². The lowest BCUT2D eigenvalue weighted by Crippen LogP contribution is -2.39. The van der Waals surface area contributed by atoms with Gasteiger partial charge >= 0.3 is 5.97 Å². The molecule has 0 radical (unpaired) electrons. The first-order valence-corrected chi connectivity index (χ1v) is 6.29. The zero-order valence-electron chi connectivity index (χ0n) is 11.9. The zero-order chi connectivity index (χ0) is 14.4. The number of carbonyl (C=O) groups is 2. The Bertz CT molecular complexity index is 446. The first-order chi connectivity index (χ1) is 8.95. The van der Waals surface area contributed by atoms with Gasteiger partial charge in [-0.15, -0.1) is 12.4 Å². The molecular weight excluding hydrogens is 280 g/mol. The van der Waals surface area contributed by atoms with Crippen molar-refractivity contribution in [2.75, 3.05) is 11.9 Å². The normalized spacial score (nSPS) is 11.4. The van der Waals surface area contributed by atoms with E-state index in [2.05, 4.69) is 5.32 Å². The van der Waals surface area contributed by atoms with E-state index in [0.29, 0.717) is 17.9 Å². The number of amides is 1. The SMILES string of the molecule is CCOC(=O)c1ccc(NC(=O)[C@H](N)C(C)C)cc1.Cl. The Labute approximate surface area is 125 Å². The topological polar surface area (TPSA) is 81.4 Å². The van der Waals surface area contributed by atoms with Gasteiger partial charge in [0, 0.05) is 5.69 Å². The van der Waals surface area contributed by atoms with Crippen LogP contribution in [0.25, 0.3) is 0 Å². The van der Waals surface area contributed by atoms with E-state index in [9.17, 15) is 9.59 Å². The third kappa shape index (κ3) is 5.19. The Balaban J connectivity index is 0.00000361. The second kappa shape index (κ2) is 8.55. The van der Waals surface area contributed by atoms with Gasteiger partial charge in [0.15, 0.2) is 0 Å². The van der Waals surface area contributed by atoms with E-state index in [0.717, 1.165) is 0 Å². The van der Waals surface area contributed by atoms with E-state index >= 15 is 0 Å². The highest BCUT2D eigenvalue weighted by molar-refractivity contribution is 5.95. The fourth-order valence-corrected chi connectivity index (χ4v) is 1.43. The fourth-order valence-electron chi connectivity index (χ4n) is 1.43. The molecule has 3 N–H and O–H groups in total. The number of carbonyl (C=O) groups excluding carboxylic acids is 2. The van der Waals surface area contributed by atoms with E-state index < -0.39 is 6.04 Å². The Morgan fingerprint density at radius 1 is 1.25 bits per heavy atom. The van der Waals surface area contributed by atoms with E-state index in [1.165, 1.54) is 0 Å². The van der Waals surface area contributed by atoms with Crippen LogP contribution in [-0.4, -0.2) is 24.5 Å². The molecule has 1 aromatic rings. The maximum Gasteiger partial charge on any atom is 0.338 e. The number of benzene rings is 1. The van der Waals surface area contributed by atoms with Gasteiger partial charge in [-0.2, -0.15) is 0 Å². The van der Waals surface area contributed by atoms with Gasteiger partial charge in [-0.1, -0.05) is 13.8 Å². The van der Waals surface area contributed by atoms with Gasteiger partial charge in [-0.3, -0.25) is 4.79 Å². The summed E-state index contributed by atoms with van der Waals surface area (Å²) in [4.78, 5) is 23.2. The third-order valence-corrected chi connectivity index (χ3v) is 2.68. The lowest BCUT2D eigenvalue weighted by Gasteiger charge is -2.15. The van der Waals surface area contributed by atoms with E-state index in [4.69, 9.17) is 10.5 Å². The van der Waals surface area contributed by atoms with Crippen molar-refractivity contribution in [3.63, 3.8) is 0 Å². The minimum absolute atomic E-state index is 0. The van der Waals surface area contributed by atoms with Crippen molar-refractivity contribution in [1.82, 2.24) is 0 Å². The second-order valence-corrected chi connectivity index (χ2v) is 4.56. The van der Waals surface area contributed by atoms with Gasteiger partial charge in [-0.05, 0) is 37.1 Å². The molecule has 0 unspecified atom stereocenters. The average Bonchev–Trinajstić information content (AvgIpc) is 2.38. The number of hydrogen-bond acceptors (Lipinski definition) is 4. The van der Waals surface area contributed by atoms with Crippen molar-refractivity contribution in [2.45, 2.75) is 26.8 Å². The molecule has 1 atom stereocenters. The molecule has 1 rings (SSSR count). The van der Waals surface area contributed by atoms with Crippen molar-refractivity contribution in [2.24, 2.45) is 11.7 Å². The highest BCUT2D eigenvalue weighted by Gasteiger charge is 2.17. The van der Waals surface area contributed by atoms with E-state index in [1.54, 1.807) is 31.2 Å². The van der Waals surface area contributed by atoms with Crippen molar-refractivity contribution in [3.8, 4) is 0 Å². The maximum absolute atomic E-state index is 11.7. The fraction of sp³-hybridized carbons (Fsp3) is 0.429. The molecule has 6 heteroatoms. The van der Waals surface area contributed by atoms with Crippen LogP contribution in [0.2, 0.25) is 0 Å². The molecule has 0 bridgehead atoms. The molecule has 0 spiro atoms. The molecule has 1 aromatic carbocycles. The highest BCUT2D eigenvalue weighted by Crippen LogP contribution is 2.11. The van der Waals surface area contributed by atoms with Crippen LogP contribution >= 0.6 is 12.4 Å². The standard InChI is InChI=1S/C14H20N2O3.ClH/c1-4-19-14(18)10-5-7-11(8-6-10)16-13(17)12(15)9(2)3;/h5-9,12H,4,15H2,1-3H3,(H,16,17);1H/t12-;/m1./s1. The molecule has 20 heavy (non-hydrogen) atoms. The number of esters is 1. The van der Waals surface area contributed by atoms with E-state index in [-0.39, 0.29) is 30.2 Å². The van der Waals surface area contributed by atoms with Crippen LogP contribution in [-0.2, 0) is 9.53 Å². The number of nitrogens with two attached hydrogens (primary N) is 1. The molecular formula is C14H21ClN2O3. The van der Waals surface area contributed by atoms with Gasteiger partial charge in [0.2, 0.25) is 5.91 Å². The van der Waals surface area contributed by atoms with Gasteiger partial charge in [-0.25, -0.2) is 4.79 Å². The Morgan fingerprint density at radius 2 is 1.80 bits per heavy atom. The van der Waals surface area contributed by atoms with Gasteiger partial charge < -0.3 is 15.8 Å². The molecule has 0 aliphatic rings. The quantitative estimate of drug-likeness (QED) is 0.817. The summed E-state index contributed by atoms with van der Waals surface area (Å²) in [5.74, 6) is -0.544. The summed E-state index contributed by atoms with van der Waals surface area (Å²) in [5.41, 5.74) is 6.80. The summed E-state index contributed by atoms with van der Waals surface area (Å²) in [7, 11) is 0. The van der Waals surface area contributed by atoms with Crippen LogP contribution in [0.1, 0.15) is 31.1 Å². The number of hydrogen-bond donors (Lipinski definition) is 2. The van der Waals surface area contributed by atoms with Crippen LogP contribution < -0.4 is 11.1 Å². The monoisotopic (exact) mass is 300 g/mol. The predicted molar refractivity (Wildman–Crippen MR) is 81.1 cm³/mol. The van der Waals surface area contributed by atoms with Crippen LogP contribution in [0.5, 0.6) is 0 Å². The van der Waals surface area contributed by atoms with Gasteiger partial charge in [0.05, 0.1) is 18.2 Å². The second-order valence-electron chi connectivity index (χ2n) is 4.56. The number of rotatable bonds is 5. The van der Waals surface area contributed by atoms with Crippen molar-refractivity contribution >= 4 is 30.0 Å². The molecule has 5 nitrogen and oxygen atoms in total. The Hall–Kier alpha value is -1.59. The van der Waals surface area contributed by atoms with Gasteiger partial charge in [0.1, 0.15) is 0 Å². The molecule has 0 aliphatic carbocycles. The molecule has 0 fully saturated rings. The number of anilines is 1. The van der Waals surface area contributed by atoms with Crippen molar-refractivity contribution in [1.29, 1.82) is 0 Å². The average molecular weight is 301 g/mol. The third-order valence-electron chi connectivity index (χ3n) is 2.68. The molecule has 0 aliphatic heterocycles. The summed E-state index contributed by atoms with van der Waals surface area (Å²) < 4.78 is 4.87. The summed E-state index contributed by atoms with van der Waals surface area (Å²) in [6.45, 7) is 5.85. The summed E-state index contributed by atoms with van der Waals surface area (Å²) in [5, 5.41) is 2.71. The molecule has 0 aromatic heterocycles. The molecule has 0 heterocycles. The summed E-state index contributed by atoms with van der Waals surface area (Å²) >= 11 is 0. The summed E-state index contributed by atoms with van der Waals surface area (Å²) in [6, 6.07) is 5.96. The number of halogens is 1. The molecule has 0 saturated heterocycles. The lowest BCUT2D eigenvalue weighted by molar-refractivity contribution is -0.118. The smallest absolute Gasteiger partial charge is 0.338 e. The van der Waals surface area contributed by atoms with Crippen molar-refractivity contribution < 1.29 is 14.3 Å². The molecule has 112 valence electrons. The highest BCUT2D eigenvalue weighted by atomic mass is 35.5. The zero-order valence-corrected chi connectivity index (χ0v) is 12.7. The minimum atomic E-state index is -0.551. The van der Waals surface area contributed by atoms with Gasteiger partial charge in [0.25, 0.3) is 0 Å². The predicted octanol–water partition coefficient (Wildman–Crippen LogP) is 2.21.